The van der Waals surface area contributed by atoms with Crippen molar-refractivity contribution in [2.75, 3.05) is 19.0 Å². The molecule has 1 N–H and O–H groups in total. The number of benzene rings is 1. The number of ether oxygens (including phenoxy) is 1. The highest BCUT2D eigenvalue weighted by molar-refractivity contribution is 7.15. The predicted molar refractivity (Wildman–Crippen MR) is 76.8 cm³/mol. The second kappa shape index (κ2) is 6.98. The van der Waals surface area contributed by atoms with E-state index in [1.807, 2.05) is 0 Å². The number of thiazole rings is 1. The Kier molecular flexibility index (Phi) is 5.38. The summed E-state index contributed by atoms with van der Waals surface area (Å²) in [5, 5.41) is 2.63. The molecule has 24 heavy (non-hydrogen) atoms. The zero-order valence-corrected chi connectivity index (χ0v) is 13.0. The van der Waals surface area contributed by atoms with Crippen LogP contribution < -0.4 is 5.32 Å². The van der Waals surface area contributed by atoms with Crippen molar-refractivity contribution < 1.29 is 31.1 Å². The Morgan fingerprint density at radius 1 is 1.17 bits per heavy atom. The van der Waals surface area contributed by atoms with Crippen LogP contribution >= 0.6 is 11.3 Å². The third kappa shape index (κ3) is 4.60. The van der Waals surface area contributed by atoms with Crippen molar-refractivity contribution in [3.8, 4) is 0 Å². The smallest absolute Gasteiger partial charge is 0.382 e. The normalized spacial score (nSPS) is 13.8. The van der Waals surface area contributed by atoms with Crippen LogP contribution in [0.5, 0.6) is 0 Å². The third-order valence-corrected chi connectivity index (χ3v) is 4.01. The highest BCUT2D eigenvalue weighted by Gasteiger charge is 2.34. The minimum Gasteiger partial charge on any atom is -0.382 e. The molecule has 1 heterocycles. The molecule has 0 aliphatic rings. The van der Waals surface area contributed by atoms with Crippen LogP contribution in [0.3, 0.4) is 0 Å². The minimum absolute atomic E-state index is 0.0394. The van der Waals surface area contributed by atoms with Crippen molar-refractivity contribution >= 4 is 16.5 Å². The van der Waals surface area contributed by atoms with Crippen LogP contribution in [-0.2, 0) is 17.1 Å². The fourth-order valence-corrected chi connectivity index (χ4v) is 2.68. The van der Waals surface area contributed by atoms with Gasteiger partial charge in [-0.2, -0.15) is 26.3 Å². The number of hydrogen-bond donors (Lipinski definition) is 1. The average Bonchev–Trinajstić information content (AvgIpc) is 2.95. The number of nitrogens with one attached hydrogen (secondary N) is 1. The van der Waals surface area contributed by atoms with E-state index < -0.39 is 28.8 Å². The van der Waals surface area contributed by atoms with Gasteiger partial charge in [-0.1, -0.05) is 23.5 Å². The maximum Gasteiger partial charge on any atom is 0.427 e. The van der Waals surface area contributed by atoms with Gasteiger partial charge >= 0.3 is 12.4 Å². The summed E-state index contributed by atoms with van der Waals surface area (Å²) in [4.78, 5) is 2.71. The van der Waals surface area contributed by atoms with E-state index in [9.17, 15) is 26.3 Å². The summed E-state index contributed by atoms with van der Waals surface area (Å²) < 4.78 is 81.1. The van der Waals surface area contributed by atoms with Gasteiger partial charge in [-0.25, -0.2) is 4.98 Å². The fourth-order valence-electron chi connectivity index (χ4n) is 1.94. The van der Waals surface area contributed by atoms with Crippen LogP contribution in [0.4, 0.5) is 31.5 Å². The van der Waals surface area contributed by atoms with Gasteiger partial charge in [0.15, 0.2) is 5.13 Å². The lowest BCUT2D eigenvalue weighted by Crippen LogP contribution is -2.17. The third-order valence-electron chi connectivity index (χ3n) is 3.03. The van der Waals surface area contributed by atoms with E-state index in [1.54, 1.807) is 0 Å². The molecule has 0 fully saturated rings. The van der Waals surface area contributed by atoms with Crippen LogP contribution in [0.2, 0.25) is 0 Å². The number of halogens is 6. The van der Waals surface area contributed by atoms with Gasteiger partial charge in [0.1, 0.15) is 4.88 Å². The molecule has 3 nitrogen and oxygen atoms in total. The number of nitrogens with zero attached hydrogens (tertiary/aromatic N) is 1. The molecule has 1 atom stereocenters. The summed E-state index contributed by atoms with van der Waals surface area (Å²) in [6, 6.07) is 3.73. The molecule has 132 valence electrons. The van der Waals surface area contributed by atoms with E-state index >= 15 is 0 Å². The van der Waals surface area contributed by atoms with Gasteiger partial charge in [0.05, 0.1) is 24.4 Å². The number of aromatic nitrogens is 1. The number of anilines is 1. The summed E-state index contributed by atoms with van der Waals surface area (Å²) in [7, 11) is 1.34. The maximum absolute atomic E-state index is 12.8. The van der Waals surface area contributed by atoms with Crippen molar-refractivity contribution in [3.05, 3.63) is 46.5 Å². The first-order valence-electron chi connectivity index (χ1n) is 6.57. The zero-order chi connectivity index (χ0) is 18.0. The molecule has 0 aliphatic carbocycles. The monoisotopic (exact) mass is 370 g/mol. The lowest BCUT2D eigenvalue weighted by atomic mass is 10.0. The molecule has 0 saturated heterocycles. The van der Waals surface area contributed by atoms with Crippen molar-refractivity contribution in [2.24, 2.45) is 0 Å². The van der Waals surface area contributed by atoms with Gasteiger partial charge < -0.3 is 10.1 Å². The predicted octanol–water partition coefficient (Wildman–Crippen LogP) is 4.98. The van der Waals surface area contributed by atoms with Gasteiger partial charge in [0, 0.05) is 7.11 Å². The Bertz CT molecular complexity index is 682. The minimum atomic E-state index is -4.52. The Labute approximate surface area is 137 Å². The van der Waals surface area contributed by atoms with Gasteiger partial charge in [-0.15, -0.1) is 0 Å². The molecule has 1 aromatic carbocycles. The first-order valence-corrected chi connectivity index (χ1v) is 7.38. The molecule has 2 aromatic rings. The molecule has 10 heteroatoms. The van der Waals surface area contributed by atoms with Gasteiger partial charge in [-0.3, -0.25) is 0 Å². The van der Waals surface area contributed by atoms with Crippen molar-refractivity contribution in [1.29, 1.82) is 0 Å². The highest BCUT2D eigenvalue weighted by Crippen LogP contribution is 2.36. The van der Waals surface area contributed by atoms with Crippen molar-refractivity contribution in [3.63, 3.8) is 0 Å². The molecule has 0 saturated carbocycles. The Balaban J connectivity index is 2.25. The molecule has 0 radical (unpaired) electrons. The summed E-state index contributed by atoms with van der Waals surface area (Å²) in [5.41, 5.74) is -0.617. The largest absolute Gasteiger partial charge is 0.427 e. The molecule has 0 bridgehead atoms. The van der Waals surface area contributed by atoms with Crippen LogP contribution in [0.15, 0.2) is 30.5 Å². The second-order valence-electron chi connectivity index (χ2n) is 4.80. The fraction of sp³-hybridized carbons (Fsp3) is 0.357. The lowest BCUT2D eigenvalue weighted by Gasteiger charge is -2.19. The average molecular weight is 370 g/mol. The molecule has 1 aromatic heterocycles. The van der Waals surface area contributed by atoms with Gasteiger partial charge in [0.25, 0.3) is 0 Å². The maximum atomic E-state index is 12.8. The van der Waals surface area contributed by atoms with Crippen LogP contribution in [0.25, 0.3) is 0 Å². The SMILES string of the molecule is COCC(Nc1ncc(C(F)(F)F)s1)c1cccc(C(F)(F)F)c1. The number of methoxy groups -OCH3 is 1. The van der Waals surface area contributed by atoms with Crippen LogP contribution in [0.1, 0.15) is 22.0 Å². The molecule has 0 amide bonds. The summed E-state index contributed by atoms with van der Waals surface area (Å²) in [5.74, 6) is 0. The number of rotatable bonds is 5. The van der Waals surface area contributed by atoms with E-state index in [0.29, 0.717) is 17.5 Å². The molecular formula is C14H12F6N2OS. The van der Waals surface area contributed by atoms with Crippen molar-refractivity contribution in [2.45, 2.75) is 18.4 Å². The van der Waals surface area contributed by atoms with Gasteiger partial charge in [0.2, 0.25) is 0 Å². The lowest BCUT2D eigenvalue weighted by molar-refractivity contribution is -0.137. The van der Waals surface area contributed by atoms with Gasteiger partial charge in [-0.05, 0) is 17.7 Å². The summed E-state index contributed by atoms with van der Waals surface area (Å²) >= 11 is 0.373. The Morgan fingerprint density at radius 3 is 2.42 bits per heavy atom. The molecule has 1 unspecified atom stereocenters. The topological polar surface area (TPSA) is 34.1 Å². The van der Waals surface area contributed by atoms with E-state index in [1.165, 1.54) is 19.2 Å². The van der Waals surface area contributed by atoms with E-state index in [2.05, 4.69) is 10.3 Å². The Morgan fingerprint density at radius 2 is 1.88 bits per heavy atom. The van der Waals surface area contributed by atoms with Crippen LogP contribution in [-0.4, -0.2) is 18.7 Å². The Hall–Kier alpha value is -1.81. The molecular weight excluding hydrogens is 358 g/mol. The van der Waals surface area contributed by atoms with Crippen LogP contribution in [0, 0.1) is 0 Å². The van der Waals surface area contributed by atoms with Crippen molar-refractivity contribution in [1.82, 2.24) is 4.98 Å². The standard InChI is InChI=1S/C14H12F6N2OS/c1-23-7-10(8-3-2-4-9(5-8)13(15,16)17)22-12-21-6-11(24-12)14(18,19)20/h2-6,10H,7H2,1H3,(H,21,22). The van der Waals surface area contributed by atoms with E-state index in [-0.39, 0.29) is 17.3 Å². The molecule has 0 spiro atoms. The quantitative estimate of drug-likeness (QED) is 0.754. The first-order chi connectivity index (χ1) is 11.1. The summed E-state index contributed by atoms with van der Waals surface area (Å²) in [6.07, 6.45) is -8.37. The number of alkyl halides is 6. The zero-order valence-electron chi connectivity index (χ0n) is 12.2. The van der Waals surface area contributed by atoms with E-state index in [0.717, 1.165) is 12.1 Å². The second-order valence-corrected chi connectivity index (χ2v) is 5.83. The highest BCUT2D eigenvalue weighted by atomic mass is 32.1. The molecule has 0 aliphatic heterocycles. The number of hydrogen-bond acceptors (Lipinski definition) is 4. The molecule has 2 rings (SSSR count). The van der Waals surface area contributed by atoms with E-state index in [4.69, 9.17) is 4.74 Å². The summed E-state index contributed by atoms with van der Waals surface area (Å²) in [6.45, 7) is -0.0394. The first kappa shape index (κ1) is 18.5.